The number of piperidine rings is 3. The minimum Gasteiger partial charge on any atom is -0.489 e. The van der Waals surface area contributed by atoms with Gasteiger partial charge in [-0.1, -0.05) is 23.8 Å². The lowest BCUT2D eigenvalue weighted by molar-refractivity contribution is 0.158. The number of H-pyrrole nitrogens is 1. The molecule has 1 N–H and O–H groups in total. The molecule has 3 aromatic rings. The summed E-state index contributed by atoms with van der Waals surface area (Å²) in [6.45, 7) is 6.66. The fraction of sp³-hybridized carbons (Fsp3) is 0.364. The molecule has 2 aromatic carbocycles. The Labute approximate surface area is 148 Å². The Morgan fingerprint density at radius 3 is 2.68 bits per heavy atom. The second-order valence-electron chi connectivity index (χ2n) is 7.52. The fourth-order valence-electron chi connectivity index (χ4n) is 4.50. The molecule has 3 saturated heterocycles. The summed E-state index contributed by atoms with van der Waals surface area (Å²) in [6.07, 6.45) is 2.65. The number of nitrogens with zero attached hydrogens (tertiary/aromatic N) is 1. The lowest BCUT2D eigenvalue weighted by Gasteiger charge is -2.42. The van der Waals surface area contributed by atoms with Crippen molar-refractivity contribution in [3.05, 3.63) is 53.6 Å². The molecular formula is C22H24N2O. The van der Waals surface area contributed by atoms with E-state index < -0.39 is 0 Å². The maximum Gasteiger partial charge on any atom is 0.121 e. The van der Waals surface area contributed by atoms with Gasteiger partial charge in [0.2, 0.25) is 0 Å². The van der Waals surface area contributed by atoms with Crippen LogP contribution in [0.1, 0.15) is 19.8 Å². The monoisotopic (exact) mass is 332 g/mol. The second-order valence-corrected chi connectivity index (χ2v) is 7.52. The largest absolute Gasteiger partial charge is 0.489 e. The Morgan fingerprint density at radius 2 is 1.88 bits per heavy atom. The molecule has 0 spiro atoms. The smallest absolute Gasteiger partial charge is 0.121 e. The normalized spacial score (nSPS) is 24.8. The third-order valence-corrected chi connectivity index (χ3v) is 5.96. The first-order chi connectivity index (χ1) is 12.3. The van der Waals surface area contributed by atoms with Gasteiger partial charge < -0.3 is 9.72 Å². The first-order valence-electron chi connectivity index (χ1n) is 9.32. The molecule has 2 bridgehead atoms. The van der Waals surface area contributed by atoms with Crippen LogP contribution in [0.2, 0.25) is 0 Å². The Morgan fingerprint density at radius 1 is 1.08 bits per heavy atom. The van der Waals surface area contributed by atoms with Crippen molar-refractivity contribution in [2.24, 2.45) is 5.92 Å². The Bertz CT molecular complexity index is 960. The van der Waals surface area contributed by atoms with Crippen LogP contribution in [0.25, 0.3) is 21.8 Å². The van der Waals surface area contributed by atoms with Gasteiger partial charge in [0.25, 0.3) is 0 Å². The van der Waals surface area contributed by atoms with Crippen LogP contribution in [0.15, 0.2) is 53.6 Å². The number of rotatable bonds is 3. The predicted molar refractivity (Wildman–Crippen MR) is 103 cm³/mol. The highest BCUT2D eigenvalue weighted by molar-refractivity contribution is 6.07. The topological polar surface area (TPSA) is 28.3 Å². The number of nitrogens with one attached hydrogen (secondary N) is 1. The molecule has 6 rings (SSSR count). The third kappa shape index (κ3) is 2.63. The van der Waals surface area contributed by atoms with Crippen molar-refractivity contribution in [2.45, 2.75) is 19.8 Å². The molecule has 0 atom stereocenters. The average molecular weight is 332 g/mol. The quantitative estimate of drug-likeness (QED) is 0.702. The van der Waals surface area contributed by atoms with Crippen molar-refractivity contribution in [2.75, 3.05) is 26.2 Å². The Kier molecular flexibility index (Phi) is 3.56. The van der Waals surface area contributed by atoms with E-state index in [2.05, 4.69) is 59.3 Å². The van der Waals surface area contributed by atoms with Gasteiger partial charge in [-0.15, -0.1) is 0 Å². The van der Waals surface area contributed by atoms with E-state index >= 15 is 0 Å². The molecule has 0 aliphatic carbocycles. The number of benzene rings is 2. The number of hydrogen-bond donors (Lipinski definition) is 1. The van der Waals surface area contributed by atoms with E-state index in [0.717, 1.165) is 23.7 Å². The lowest BCUT2D eigenvalue weighted by atomic mass is 9.81. The summed E-state index contributed by atoms with van der Waals surface area (Å²) in [5.41, 5.74) is 5.38. The minimum atomic E-state index is 0.700. The third-order valence-electron chi connectivity index (χ3n) is 5.96. The van der Waals surface area contributed by atoms with Gasteiger partial charge in [-0.3, -0.25) is 4.90 Å². The molecule has 1 aromatic heterocycles. The molecular weight excluding hydrogens is 308 g/mol. The zero-order valence-electron chi connectivity index (χ0n) is 14.7. The summed E-state index contributed by atoms with van der Waals surface area (Å²) in [5, 5.41) is 2.53. The Hall–Kier alpha value is -2.26. The highest BCUT2D eigenvalue weighted by Crippen LogP contribution is 2.34. The van der Waals surface area contributed by atoms with Crippen molar-refractivity contribution in [1.82, 2.24) is 9.88 Å². The predicted octanol–water partition coefficient (Wildman–Crippen LogP) is 4.74. The zero-order chi connectivity index (χ0) is 16.8. The van der Waals surface area contributed by atoms with Gasteiger partial charge in [-0.2, -0.15) is 0 Å². The van der Waals surface area contributed by atoms with Gasteiger partial charge in [0.1, 0.15) is 12.4 Å². The van der Waals surface area contributed by atoms with Crippen LogP contribution in [0.5, 0.6) is 5.75 Å². The number of hydrogen-bond acceptors (Lipinski definition) is 2. The molecule has 3 nitrogen and oxygen atoms in total. The first-order valence-corrected chi connectivity index (χ1v) is 9.32. The van der Waals surface area contributed by atoms with E-state index in [1.54, 1.807) is 5.57 Å². The van der Waals surface area contributed by atoms with Crippen LogP contribution in [0.4, 0.5) is 0 Å². The summed E-state index contributed by atoms with van der Waals surface area (Å²) in [6, 6.07) is 14.8. The minimum absolute atomic E-state index is 0.700. The van der Waals surface area contributed by atoms with E-state index in [1.165, 1.54) is 47.8 Å². The van der Waals surface area contributed by atoms with Gasteiger partial charge in [0.15, 0.2) is 0 Å². The van der Waals surface area contributed by atoms with Crippen LogP contribution >= 0.6 is 0 Å². The van der Waals surface area contributed by atoms with Crippen molar-refractivity contribution in [3.63, 3.8) is 0 Å². The van der Waals surface area contributed by atoms with Crippen LogP contribution in [-0.4, -0.2) is 36.1 Å². The van der Waals surface area contributed by atoms with Gasteiger partial charge in [-0.05, 0) is 62.5 Å². The highest BCUT2D eigenvalue weighted by Gasteiger charge is 2.30. The summed E-state index contributed by atoms with van der Waals surface area (Å²) in [4.78, 5) is 6.07. The molecule has 25 heavy (non-hydrogen) atoms. The number of ether oxygens (including phenoxy) is 1. The average Bonchev–Trinajstić information content (AvgIpc) is 3.04. The molecule has 3 fully saturated rings. The van der Waals surface area contributed by atoms with Crippen molar-refractivity contribution < 1.29 is 4.74 Å². The van der Waals surface area contributed by atoms with E-state index in [4.69, 9.17) is 4.74 Å². The maximum atomic E-state index is 6.14. The van der Waals surface area contributed by atoms with Crippen LogP contribution in [-0.2, 0) is 0 Å². The SMILES string of the molecule is CC(COc1ccc2c(c1)[nH]c1ccccc12)=C1CN2CCC1CC2. The maximum absolute atomic E-state index is 6.14. The lowest BCUT2D eigenvalue weighted by Crippen LogP contribution is -2.43. The van der Waals surface area contributed by atoms with Gasteiger partial charge >= 0.3 is 0 Å². The fourth-order valence-corrected chi connectivity index (χ4v) is 4.50. The van der Waals surface area contributed by atoms with E-state index in [1.807, 2.05) is 0 Å². The summed E-state index contributed by atoms with van der Waals surface area (Å²) >= 11 is 0. The van der Waals surface area contributed by atoms with Gasteiger partial charge in [0, 0.05) is 28.9 Å². The molecule has 3 heteroatoms. The number of aromatic amines is 1. The first kappa shape index (κ1) is 15.0. The molecule has 4 heterocycles. The van der Waals surface area contributed by atoms with Crippen molar-refractivity contribution >= 4 is 21.8 Å². The highest BCUT2D eigenvalue weighted by atomic mass is 16.5. The van der Waals surface area contributed by atoms with Crippen molar-refractivity contribution in [1.29, 1.82) is 0 Å². The molecule has 3 aliphatic heterocycles. The number of aromatic nitrogens is 1. The standard InChI is InChI=1S/C22H24N2O/c1-15(20-13-24-10-8-16(20)9-11-24)14-25-17-6-7-19-18-4-2-3-5-21(18)23-22(19)12-17/h2-7,12,16,23H,8-11,13-14H2,1H3. The zero-order valence-corrected chi connectivity index (χ0v) is 14.7. The Balaban J connectivity index is 1.38. The van der Waals surface area contributed by atoms with Crippen LogP contribution in [0, 0.1) is 5.92 Å². The van der Waals surface area contributed by atoms with Gasteiger partial charge in [-0.25, -0.2) is 0 Å². The molecule has 0 saturated carbocycles. The van der Waals surface area contributed by atoms with Gasteiger partial charge in [0.05, 0.1) is 5.52 Å². The van der Waals surface area contributed by atoms with Crippen LogP contribution < -0.4 is 4.74 Å². The van der Waals surface area contributed by atoms with E-state index in [9.17, 15) is 0 Å². The van der Waals surface area contributed by atoms with E-state index in [0.29, 0.717) is 6.61 Å². The summed E-state index contributed by atoms with van der Waals surface area (Å²) in [5.74, 6) is 1.74. The molecule has 0 unspecified atom stereocenters. The number of fused-ring (bicyclic) bond motifs is 6. The second kappa shape index (κ2) is 5.92. The molecule has 128 valence electrons. The van der Waals surface area contributed by atoms with Crippen molar-refractivity contribution in [3.8, 4) is 5.75 Å². The number of para-hydroxylation sites is 1. The van der Waals surface area contributed by atoms with Crippen LogP contribution in [0.3, 0.4) is 0 Å². The van der Waals surface area contributed by atoms with E-state index in [-0.39, 0.29) is 0 Å². The molecule has 3 aliphatic rings. The molecule has 0 amide bonds. The molecule has 0 radical (unpaired) electrons. The summed E-state index contributed by atoms with van der Waals surface area (Å²) < 4.78 is 6.14. The summed E-state index contributed by atoms with van der Waals surface area (Å²) in [7, 11) is 0.